The predicted molar refractivity (Wildman–Crippen MR) is 78.8 cm³/mol. The Balaban J connectivity index is 3.07. The lowest BCUT2D eigenvalue weighted by molar-refractivity contribution is 0.0828. The third kappa shape index (κ3) is 4.16. The Hall–Kier alpha value is -1.71. The average molecular weight is 297 g/mol. The van der Waals surface area contributed by atoms with E-state index in [1.165, 1.54) is 16.7 Å². The normalized spacial score (nSPS) is 10.8. The number of rotatable bonds is 2. The second kappa shape index (κ2) is 7.02. The molecule has 0 aliphatic heterocycles. The summed E-state index contributed by atoms with van der Waals surface area (Å²) in [4.78, 5) is 17.5. The van der Waals surface area contributed by atoms with E-state index >= 15 is 0 Å². The number of halogens is 1. The van der Waals surface area contributed by atoms with Crippen LogP contribution < -0.4 is 5.32 Å². The molecule has 0 heterocycles. The van der Waals surface area contributed by atoms with E-state index < -0.39 is 0 Å². The van der Waals surface area contributed by atoms with Gasteiger partial charge in [-0.25, -0.2) is 4.99 Å². The highest BCUT2D eigenvalue weighted by Crippen LogP contribution is 2.24. The largest absolute Gasteiger partial charge is 0.345 e. The van der Waals surface area contributed by atoms with Gasteiger partial charge < -0.3 is 4.90 Å². The van der Waals surface area contributed by atoms with Crippen molar-refractivity contribution in [2.45, 2.75) is 0 Å². The molecule has 0 bridgehead atoms. The smallest absolute Gasteiger partial charge is 0.254 e. The van der Waals surface area contributed by atoms with Gasteiger partial charge in [0.25, 0.3) is 5.91 Å². The predicted octanol–water partition coefficient (Wildman–Crippen LogP) is 2.46. The van der Waals surface area contributed by atoms with Gasteiger partial charge in [-0.05, 0) is 24.5 Å². The summed E-state index contributed by atoms with van der Waals surface area (Å²) in [5, 5.41) is 11.8. The van der Waals surface area contributed by atoms with Crippen LogP contribution in [0.3, 0.4) is 0 Å². The van der Waals surface area contributed by atoms with Crippen molar-refractivity contribution in [3.8, 4) is 6.19 Å². The van der Waals surface area contributed by atoms with Gasteiger partial charge in [0.05, 0.1) is 16.3 Å². The zero-order valence-corrected chi connectivity index (χ0v) is 12.3. The van der Waals surface area contributed by atoms with Gasteiger partial charge in [0, 0.05) is 14.1 Å². The van der Waals surface area contributed by atoms with Crippen molar-refractivity contribution < 1.29 is 4.79 Å². The summed E-state index contributed by atoms with van der Waals surface area (Å²) in [7, 11) is 3.32. The highest BCUT2D eigenvalue weighted by molar-refractivity contribution is 8.13. The first-order valence-corrected chi connectivity index (χ1v) is 6.89. The topological polar surface area (TPSA) is 68.5 Å². The second-order valence-corrected chi connectivity index (χ2v) is 4.92. The summed E-state index contributed by atoms with van der Waals surface area (Å²) >= 11 is 7.37. The summed E-state index contributed by atoms with van der Waals surface area (Å²) in [5.74, 6) is -0.166. The number of hydrogen-bond acceptors (Lipinski definition) is 4. The quantitative estimate of drug-likeness (QED) is 0.394. The number of carbonyl (C=O) groups excluding carboxylic acids is 1. The number of nitriles is 1. The minimum Gasteiger partial charge on any atom is -0.345 e. The van der Waals surface area contributed by atoms with Gasteiger partial charge in [-0.2, -0.15) is 5.26 Å². The minimum absolute atomic E-state index is 0.166. The number of amides is 1. The third-order valence-corrected chi connectivity index (χ3v) is 3.07. The Morgan fingerprint density at radius 2 is 2.21 bits per heavy atom. The van der Waals surface area contributed by atoms with Crippen molar-refractivity contribution in [3.05, 3.63) is 28.8 Å². The standard InChI is InChI=1S/C12H13ClN4OS/c1-17(2)11(18)9-5-4-8(6-10(9)13)16-12(19-3)15-7-14/h4-6H,1-3H3,(H,15,16). The van der Waals surface area contributed by atoms with Crippen molar-refractivity contribution in [1.82, 2.24) is 10.2 Å². The molecule has 100 valence electrons. The SMILES string of the molecule is CSC(=Nc1ccc(C(=O)N(C)C)c(Cl)c1)NC#N. The molecule has 1 aromatic carbocycles. The van der Waals surface area contributed by atoms with E-state index in [-0.39, 0.29) is 5.91 Å². The Kier molecular flexibility index (Phi) is 5.67. The molecule has 1 rings (SSSR count). The molecule has 0 spiro atoms. The first kappa shape index (κ1) is 15.3. The Morgan fingerprint density at radius 1 is 1.53 bits per heavy atom. The van der Waals surface area contributed by atoms with Crippen LogP contribution in [0.5, 0.6) is 0 Å². The molecule has 1 amide bonds. The van der Waals surface area contributed by atoms with E-state index in [2.05, 4.69) is 10.3 Å². The number of carbonyl (C=O) groups is 1. The molecular formula is C12H13ClN4OS. The van der Waals surface area contributed by atoms with Crippen LogP contribution in [-0.2, 0) is 0 Å². The monoisotopic (exact) mass is 296 g/mol. The molecule has 0 saturated carbocycles. The number of thioether (sulfide) groups is 1. The first-order chi connectivity index (χ1) is 8.99. The molecular weight excluding hydrogens is 284 g/mol. The highest BCUT2D eigenvalue weighted by Gasteiger charge is 2.12. The van der Waals surface area contributed by atoms with Crippen LogP contribution in [-0.4, -0.2) is 36.3 Å². The fourth-order valence-corrected chi connectivity index (χ4v) is 1.88. The number of benzene rings is 1. The van der Waals surface area contributed by atoms with Crippen molar-refractivity contribution in [2.75, 3.05) is 20.4 Å². The number of hydrogen-bond donors (Lipinski definition) is 1. The van der Waals surface area contributed by atoms with Crippen LogP contribution in [0.15, 0.2) is 23.2 Å². The average Bonchev–Trinajstić information content (AvgIpc) is 2.37. The summed E-state index contributed by atoms with van der Waals surface area (Å²) in [5.41, 5.74) is 0.997. The second-order valence-electron chi connectivity index (χ2n) is 3.72. The van der Waals surface area contributed by atoms with Crippen LogP contribution in [0.4, 0.5) is 5.69 Å². The van der Waals surface area contributed by atoms with E-state index in [0.717, 1.165) is 0 Å². The molecule has 0 unspecified atom stereocenters. The Bertz CT molecular complexity index is 551. The lowest BCUT2D eigenvalue weighted by Crippen LogP contribution is -2.21. The Labute approximate surface area is 121 Å². The van der Waals surface area contributed by atoms with E-state index in [0.29, 0.717) is 21.4 Å². The number of amidine groups is 1. The molecule has 5 nitrogen and oxygen atoms in total. The van der Waals surface area contributed by atoms with Crippen molar-refractivity contribution in [3.63, 3.8) is 0 Å². The fourth-order valence-electron chi connectivity index (χ4n) is 1.28. The van der Waals surface area contributed by atoms with Crippen LogP contribution in [0.25, 0.3) is 0 Å². The maximum Gasteiger partial charge on any atom is 0.254 e. The van der Waals surface area contributed by atoms with Crippen LogP contribution in [0.1, 0.15) is 10.4 Å². The van der Waals surface area contributed by atoms with Gasteiger partial charge in [-0.1, -0.05) is 23.4 Å². The number of aliphatic imine (C=N–C) groups is 1. The van der Waals surface area contributed by atoms with E-state index in [4.69, 9.17) is 16.9 Å². The van der Waals surface area contributed by atoms with Crippen LogP contribution in [0.2, 0.25) is 5.02 Å². The van der Waals surface area contributed by atoms with Crippen LogP contribution >= 0.6 is 23.4 Å². The lowest BCUT2D eigenvalue weighted by Gasteiger charge is -2.11. The van der Waals surface area contributed by atoms with E-state index in [1.807, 2.05) is 0 Å². The van der Waals surface area contributed by atoms with Gasteiger partial charge in [-0.15, -0.1) is 0 Å². The van der Waals surface area contributed by atoms with Gasteiger partial charge in [0.2, 0.25) is 0 Å². The first-order valence-electron chi connectivity index (χ1n) is 5.28. The zero-order valence-electron chi connectivity index (χ0n) is 10.8. The number of nitrogens with zero attached hydrogens (tertiary/aromatic N) is 3. The lowest BCUT2D eigenvalue weighted by atomic mass is 10.2. The molecule has 19 heavy (non-hydrogen) atoms. The highest BCUT2D eigenvalue weighted by atomic mass is 35.5. The van der Waals surface area contributed by atoms with Gasteiger partial charge >= 0.3 is 0 Å². The molecule has 0 aromatic heterocycles. The summed E-state index contributed by atoms with van der Waals surface area (Å²) in [6.45, 7) is 0. The summed E-state index contributed by atoms with van der Waals surface area (Å²) in [6.07, 6.45) is 3.60. The van der Waals surface area contributed by atoms with Gasteiger partial charge in [0.15, 0.2) is 11.4 Å². The maximum absolute atomic E-state index is 11.8. The Morgan fingerprint density at radius 3 is 2.68 bits per heavy atom. The molecule has 0 saturated heterocycles. The molecule has 0 fully saturated rings. The zero-order chi connectivity index (χ0) is 14.4. The van der Waals surface area contributed by atoms with E-state index in [1.54, 1.807) is 44.7 Å². The van der Waals surface area contributed by atoms with E-state index in [9.17, 15) is 4.79 Å². The molecule has 0 aliphatic carbocycles. The van der Waals surface area contributed by atoms with Crippen molar-refractivity contribution >= 4 is 40.1 Å². The molecule has 0 atom stereocenters. The fraction of sp³-hybridized carbons (Fsp3) is 0.250. The third-order valence-electron chi connectivity index (χ3n) is 2.18. The summed E-state index contributed by atoms with van der Waals surface area (Å²) in [6, 6.07) is 4.89. The van der Waals surface area contributed by atoms with Gasteiger partial charge in [-0.3, -0.25) is 10.1 Å². The molecule has 0 aliphatic rings. The molecule has 1 N–H and O–H groups in total. The number of nitrogens with one attached hydrogen (secondary N) is 1. The maximum atomic E-state index is 11.8. The van der Waals surface area contributed by atoms with Crippen molar-refractivity contribution in [2.24, 2.45) is 4.99 Å². The van der Waals surface area contributed by atoms with Crippen molar-refractivity contribution in [1.29, 1.82) is 5.26 Å². The minimum atomic E-state index is -0.166. The molecule has 0 radical (unpaired) electrons. The summed E-state index contributed by atoms with van der Waals surface area (Å²) < 4.78 is 0. The van der Waals surface area contributed by atoms with Crippen LogP contribution in [0, 0.1) is 11.5 Å². The van der Waals surface area contributed by atoms with Gasteiger partial charge in [0.1, 0.15) is 0 Å². The molecule has 7 heteroatoms. The molecule has 1 aromatic rings.